The highest BCUT2D eigenvalue weighted by Crippen LogP contribution is 2.25. The van der Waals surface area contributed by atoms with Crippen LogP contribution in [0.2, 0.25) is 0 Å². The molecule has 7 heteroatoms. The van der Waals surface area contributed by atoms with Gasteiger partial charge in [-0.25, -0.2) is 14.8 Å². The standard InChI is InChI=1S/C18H25N5O2/c1-12-11-22(9-10-23(12)17(24)25-18(2,3)4)16-15(19)20-13-7-5-6-8-14(13)21-16/h5-8,12H,9-11H2,1-4H3,(H2,19,20)/t12-/m1/s1. The lowest BCUT2D eigenvalue weighted by Crippen LogP contribution is -2.55. The Bertz CT molecular complexity index is 787. The number of nitrogen functional groups attached to an aromatic ring is 1. The van der Waals surface area contributed by atoms with Gasteiger partial charge in [0.1, 0.15) is 5.60 Å². The van der Waals surface area contributed by atoms with Gasteiger partial charge in [0.2, 0.25) is 0 Å². The predicted octanol–water partition coefficient (Wildman–Crippen LogP) is 2.66. The lowest BCUT2D eigenvalue weighted by Gasteiger charge is -2.40. The van der Waals surface area contributed by atoms with Crippen molar-refractivity contribution in [3.05, 3.63) is 24.3 Å². The molecule has 1 saturated heterocycles. The molecule has 2 heterocycles. The molecule has 1 aliphatic heterocycles. The van der Waals surface area contributed by atoms with Crippen molar-refractivity contribution in [1.29, 1.82) is 0 Å². The Balaban J connectivity index is 1.77. The molecule has 1 aromatic heterocycles. The molecule has 0 spiro atoms. The highest BCUT2D eigenvalue weighted by atomic mass is 16.6. The van der Waals surface area contributed by atoms with E-state index in [1.165, 1.54) is 0 Å². The minimum absolute atomic E-state index is 0.00345. The molecule has 0 bridgehead atoms. The molecular formula is C18H25N5O2. The monoisotopic (exact) mass is 343 g/mol. The van der Waals surface area contributed by atoms with E-state index in [0.717, 1.165) is 11.0 Å². The van der Waals surface area contributed by atoms with Crippen LogP contribution in [-0.2, 0) is 4.74 Å². The summed E-state index contributed by atoms with van der Waals surface area (Å²) in [5.74, 6) is 1.09. The van der Waals surface area contributed by atoms with Gasteiger partial charge in [-0.3, -0.25) is 0 Å². The zero-order valence-corrected chi connectivity index (χ0v) is 15.2. The van der Waals surface area contributed by atoms with Crippen molar-refractivity contribution in [3.63, 3.8) is 0 Å². The minimum atomic E-state index is -0.498. The Kier molecular flexibility index (Phi) is 4.41. The van der Waals surface area contributed by atoms with Gasteiger partial charge < -0.3 is 20.3 Å². The zero-order valence-electron chi connectivity index (χ0n) is 15.2. The van der Waals surface area contributed by atoms with Crippen molar-refractivity contribution in [3.8, 4) is 0 Å². The van der Waals surface area contributed by atoms with Crippen LogP contribution in [0.4, 0.5) is 16.4 Å². The van der Waals surface area contributed by atoms with Crippen LogP contribution in [0.15, 0.2) is 24.3 Å². The van der Waals surface area contributed by atoms with Gasteiger partial charge >= 0.3 is 6.09 Å². The Labute approximate surface area is 147 Å². The van der Waals surface area contributed by atoms with Crippen LogP contribution in [0.25, 0.3) is 11.0 Å². The molecule has 25 heavy (non-hydrogen) atoms. The summed E-state index contributed by atoms with van der Waals surface area (Å²) in [7, 11) is 0. The number of anilines is 2. The summed E-state index contributed by atoms with van der Waals surface area (Å²) in [5, 5.41) is 0. The second-order valence-corrected chi connectivity index (χ2v) is 7.39. The third kappa shape index (κ3) is 3.75. The number of piperazine rings is 1. The van der Waals surface area contributed by atoms with Crippen molar-refractivity contribution >= 4 is 28.8 Å². The van der Waals surface area contributed by atoms with Crippen molar-refractivity contribution in [2.75, 3.05) is 30.3 Å². The first-order valence-electron chi connectivity index (χ1n) is 8.51. The first-order valence-corrected chi connectivity index (χ1v) is 8.51. The van der Waals surface area contributed by atoms with Crippen LogP contribution in [0, 0.1) is 0 Å². The van der Waals surface area contributed by atoms with Crippen LogP contribution in [0.1, 0.15) is 27.7 Å². The summed E-state index contributed by atoms with van der Waals surface area (Å²) in [6, 6.07) is 7.66. The SMILES string of the molecule is C[C@@H]1CN(c2nc3ccccc3nc2N)CCN1C(=O)OC(C)(C)C. The van der Waals surface area contributed by atoms with Gasteiger partial charge in [0.15, 0.2) is 11.6 Å². The average Bonchev–Trinajstić information content (AvgIpc) is 2.52. The normalized spacial score (nSPS) is 18.5. The minimum Gasteiger partial charge on any atom is -0.444 e. The Morgan fingerprint density at radius 1 is 1.20 bits per heavy atom. The maximum Gasteiger partial charge on any atom is 0.410 e. The number of carbonyl (C=O) groups is 1. The quantitative estimate of drug-likeness (QED) is 0.857. The van der Waals surface area contributed by atoms with E-state index in [4.69, 9.17) is 10.5 Å². The molecule has 134 valence electrons. The number of amides is 1. The van der Waals surface area contributed by atoms with Gasteiger partial charge in [-0.1, -0.05) is 12.1 Å². The lowest BCUT2D eigenvalue weighted by molar-refractivity contribution is 0.0159. The van der Waals surface area contributed by atoms with Crippen LogP contribution < -0.4 is 10.6 Å². The average molecular weight is 343 g/mol. The molecule has 1 amide bonds. The van der Waals surface area contributed by atoms with Crippen molar-refractivity contribution in [2.45, 2.75) is 39.3 Å². The Morgan fingerprint density at radius 3 is 2.44 bits per heavy atom. The highest BCUT2D eigenvalue weighted by Gasteiger charge is 2.32. The molecule has 0 unspecified atom stereocenters. The Morgan fingerprint density at radius 2 is 1.84 bits per heavy atom. The smallest absolute Gasteiger partial charge is 0.410 e. The number of para-hydroxylation sites is 2. The number of carbonyl (C=O) groups excluding carboxylic acids is 1. The summed E-state index contributed by atoms with van der Waals surface area (Å²) in [4.78, 5) is 25.3. The molecule has 0 saturated carbocycles. The fraction of sp³-hybridized carbons (Fsp3) is 0.500. The van der Waals surface area contributed by atoms with Crippen LogP contribution >= 0.6 is 0 Å². The van der Waals surface area contributed by atoms with Crippen molar-refractivity contribution < 1.29 is 9.53 Å². The van der Waals surface area contributed by atoms with E-state index in [-0.39, 0.29) is 12.1 Å². The predicted molar refractivity (Wildman–Crippen MR) is 98.6 cm³/mol. The van der Waals surface area contributed by atoms with Crippen LogP contribution in [0.3, 0.4) is 0 Å². The number of fused-ring (bicyclic) bond motifs is 1. The maximum absolute atomic E-state index is 12.3. The third-order valence-corrected chi connectivity index (χ3v) is 4.13. The molecule has 1 fully saturated rings. The van der Waals surface area contributed by atoms with E-state index < -0.39 is 5.60 Å². The molecule has 2 N–H and O–H groups in total. The molecule has 7 nitrogen and oxygen atoms in total. The van der Waals surface area contributed by atoms with Crippen LogP contribution in [0.5, 0.6) is 0 Å². The van der Waals surface area contributed by atoms with Gasteiger partial charge in [0, 0.05) is 25.7 Å². The number of hydrogen-bond donors (Lipinski definition) is 1. The zero-order chi connectivity index (χ0) is 18.2. The molecule has 2 aromatic rings. The number of nitrogens with two attached hydrogens (primary N) is 1. The van der Waals surface area contributed by atoms with Crippen molar-refractivity contribution in [1.82, 2.24) is 14.9 Å². The number of rotatable bonds is 1. The van der Waals surface area contributed by atoms with E-state index in [9.17, 15) is 4.79 Å². The van der Waals surface area contributed by atoms with E-state index in [1.807, 2.05) is 52.0 Å². The van der Waals surface area contributed by atoms with Gasteiger partial charge in [0.25, 0.3) is 0 Å². The lowest BCUT2D eigenvalue weighted by atomic mass is 10.2. The Hall–Kier alpha value is -2.57. The number of aromatic nitrogens is 2. The van der Waals surface area contributed by atoms with E-state index >= 15 is 0 Å². The fourth-order valence-corrected chi connectivity index (χ4v) is 2.98. The fourth-order valence-electron chi connectivity index (χ4n) is 2.98. The molecule has 3 rings (SSSR count). The van der Waals surface area contributed by atoms with Gasteiger partial charge in [-0.2, -0.15) is 0 Å². The second-order valence-electron chi connectivity index (χ2n) is 7.39. The summed E-state index contributed by atoms with van der Waals surface area (Å²) < 4.78 is 5.49. The maximum atomic E-state index is 12.3. The van der Waals surface area contributed by atoms with Gasteiger partial charge in [-0.15, -0.1) is 0 Å². The molecule has 0 aliphatic carbocycles. The summed E-state index contributed by atoms with van der Waals surface area (Å²) in [6.45, 7) is 9.45. The van der Waals surface area contributed by atoms with Crippen molar-refractivity contribution in [2.24, 2.45) is 0 Å². The molecule has 1 aliphatic rings. The first kappa shape index (κ1) is 17.3. The topological polar surface area (TPSA) is 84.6 Å². The van der Waals surface area contributed by atoms with Gasteiger partial charge in [0.05, 0.1) is 11.0 Å². The molecule has 1 aromatic carbocycles. The van der Waals surface area contributed by atoms with Crippen LogP contribution in [-0.4, -0.2) is 52.2 Å². The first-order chi connectivity index (χ1) is 11.7. The molecule has 1 atom stereocenters. The van der Waals surface area contributed by atoms with E-state index in [1.54, 1.807) is 4.90 Å². The third-order valence-electron chi connectivity index (χ3n) is 4.13. The van der Waals surface area contributed by atoms with E-state index in [2.05, 4.69) is 14.9 Å². The number of hydrogen-bond acceptors (Lipinski definition) is 6. The van der Waals surface area contributed by atoms with E-state index in [0.29, 0.717) is 31.3 Å². The highest BCUT2D eigenvalue weighted by molar-refractivity contribution is 5.80. The molecular weight excluding hydrogens is 318 g/mol. The number of benzene rings is 1. The number of nitrogens with zero attached hydrogens (tertiary/aromatic N) is 4. The number of ether oxygens (including phenoxy) is 1. The summed E-state index contributed by atoms with van der Waals surface area (Å²) in [5.41, 5.74) is 7.22. The summed E-state index contributed by atoms with van der Waals surface area (Å²) in [6.07, 6.45) is -0.280. The largest absolute Gasteiger partial charge is 0.444 e. The molecule has 0 radical (unpaired) electrons. The summed E-state index contributed by atoms with van der Waals surface area (Å²) >= 11 is 0. The second kappa shape index (κ2) is 6.38. The van der Waals surface area contributed by atoms with Gasteiger partial charge in [-0.05, 0) is 39.8 Å².